The van der Waals surface area contributed by atoms with Crippen molar-refractivity contribution >= 4 is 25.4 Å². The summed E-state index contributed by atoms with van der Waals surface area (Å²) < 4.78 is 5.48. The van der Waals surface area contributed by atoms with Crippen LogP contribution in [0.2, 0.25) is 0 Å². The first kappa shape index (κ1) is 23.1. The van der Waals surface area contributed by atoms with Crippen molar-refractivity contribution in [3.05, 3.63) is 23.0 Å². The van der Waals surface area contributed by atoms with Gasteiger partial charge < -0.3 is 4.74 Å². The number of ether oxygens (including phenoxy) is 1. The quantitative estimate of drug-likeness (QED) is 0.417. The molecule has 0 amide bonds. The molecular weight excluding hydrogens is 371 g/mol. The summed E-state index contributed by atoms with van der Waals surface area (Å²) in [6.07, 6.45) is 11.7. The highest BCUT2D eigenvalue weighted by Crippen LogP contribution is 2.57. The molecule has 1 heterocycles. The van der Waals surface area contributed by atoms with E-state index in [1.807, 2.05) is 18.9 Å². The summed E-state index contributed by atoms with van der Waals surface area (Å²) in [6, 6.07) is 0.510. The van der Waals surface area contributed by atoms with Crippen LogP contribution in [0.3, 0.4) is 0 Å². The monoisotopic (exact) mass is 411 g/mol. The van der Waals surface area contributed by atoms with E-state index in [2.05, 4.69) is 53.0 Å². The maximum absolute atomic E-state index is 5.48. The largest absolute Gasteiger partial charge is 0.378 e. The molecule has 1 aliphatic heterocycles. The summed E-state index contributed by atoms with van der Waals surface area (Å²) in [6.45, 7) is 13.9. The Morgan fingerprint density at radius 3 is 2.59 bits per heavy atom. The van der Waals surface area contributed by atoms with Crippen LogP contribution < -0.4 is 5.01 Å². The SMILES string of the molecule is CCC(SC)/C(=N/[NH+]1CCCC1COC)C1=C(P(C(C)C)C(C)C)CC=C1. The Labute approximate surface area is 172 Å². The summed E-state index contributed by atoms with van der Waals surface area (Å²) in [5.41, 5.74) is 4.27. The lowest BCUT2D eigenvalue weighted by molar-refractivity contribution is -0.919. The van der Waals surface area contributed by atoms with E-state index in [9.17, 15) is 0 Å². The average Bonchev–Trinajstić information content (AvgIpc) is 3.24. The molecule has 0 aromatic rings. The van der Waals surface area contributed by atoms with Gasteiger partial charge in [0.1, 0.15) is 24.9 Å². The maximum atomic E-state index is 5.48. The number of hydrogen-bond acceptors (Lipinski definition) is 3. The van der Waals surface area contributed by atoms with Gasteiger partial charge in [0, 0.05) is 25.5 Å². The van der Waals surface area contributed by atoms with Gasteiger partial charge in [-0.1, -0.05) is 59.8 Å². The van der Waals surface area contributed by atoms with Gasteiger partial charge in [0.15, 0.2) is 0 Å². The fourth-order valence-corrected chi connectivity index (χ4v) is 8.51. The van der Waals surface area contributed by atoms with Crippen LogP contribution in [0.25, 0.3) is 0 Å². The molecule has 0 saturated carbocycles. The highest BCUT2D eigenvalue weighted by atomic mass is 32.2. The van der Waals surface area contributed by atoms with Crippen molar-refractivity contribution in [3.63, 3.8) is 0 Å². The molecule has 5 heteroatoms. The van der Waals surface area contributed by atoms with Gasteiger partial charge >= 0.3 is 0 Å². The Balaban J connectivity index is 2.47. The van der Waals surface area contributed by atoms with Crippen molar-refractivity contribution in [2.24, 2.45) is 5.10 Å². The fraction of sp³-hybridized carbons (Fsp3) is 0.773. The topological polar surface area (TPSA) is 26.0 Å². The van der Waals surface area contributed by atoms with Gasteiger partial charge in [0.25, 0.3) is 0 Å². The second-order valence-electron chi connectivity index (χ2n) is 8.23. The van der Waals surface area contributed by atoms with Gasteiger partial charge in [0.2, 0.25) is 0 Å². The predicted octanol–water partition coefficient (Wildman–Crippen LogP) is 4.69. The molecule has 1 saturated heterocycles. The molecule has 2 rings (SSSR count). The Morgan fingerprint density at radius 1 is 1.33 bits per heavy atom. The number of allylic oxidation sites excluding steroid dienone is 4. The third-order valence-corrected chi connectivity index (χ3v) is 10.1. The van der Waals surface area contributed by atoms with Crippen molar-refractivity contribution in [3.8, 4) is 0 Å². The molecule has 27 heavy (non-hydrogen) atoms. The van der Waals surface area contributed by atoms with Gasteiger partial charge in [0.05, 0.1) is 5.25 Å². The summed E-state index contributed by atoms with van der Waals surface area (Å²) in [4.78, 5) is 0. The molecule has 0 aromatic carbocycles. The van der Waals surface area contributed by atoms with E-state index in [1.165, 1.54) is 29.1 Å². The van der Waals surface area contributed by atoms with Gasteiger partial charge in [-0.25, -0.2) is 5.01 Å². The van der Waals surface area contributed by atoms with E-state index in [1.54, 1.807) is 5.31 Å². The number of quaternary nitrogens is 1. The van der Waals surface area contributed by atoms with E-state index >= 15 is 0 Å². The lowest BCUT2D eigenvalue weighted by Gasteiger charge is -2.30. The average molecular weight is 412 g/mol. The molecule has 1 N–H and O–H groups in total. The van der Waals surface area contributed by atoms with Crippen molar-refractivity contribution in [2.45, 2.75) is 82.9 Å². The third-order valence-electron chi connectivity index (χ3n) is 5.66. The number of nitrogens with zero attached hydrogens (tertiary/aromatic N) is 1. The van der Waals surface area contributed by atoms with Crippen LogP contribution in [-0.2, 0) is 4.74 Å². The molecular formula is C22H40N2OPS+. The van der Waals surface area contributed by atoms with Gasteiger partial charge in [-0.3, -0.25) is 0 Å². The molecule has 2 aliphatic rings. The van der Waals surface area contributed by atoms with Crippen molar-refractivity contribution in [2.75, 3.05) is 26.5 Å². The normalized spacial score (nSPS) is 24.9. The minimum Gasteiger partial charge on any atom is -0.378 e. The van der Waals surface area contributed by atoms with Crippen LogP contribution >= 0.6 is 19.7 Å². The van der Waals surface area contributed by atoms with Gasteiger partial charge in [-0.2, -0.15) is 11.8 Å². The van der Waals surface area contributed by atoms with E-state index in [4.69, 9.17) is 9.84 Å². The number of nitrogens with one attached hydrogen (secondary N) is 1. The minimum absolute atomic E-state index is 0.129. The number of rotatable bonds is 10. The Hall–Kier alpha value is -0.150. The first-order valence-electron chi connectivity index (χ1n) is 10.6. The standard InChI is InChI=1S/C22H39N2OPS/c1-8-21(27-7)22(23-24-14-10-11-18(24)15-25-6)19-12-9-13-20(19)26(16(2)3)17(4)5/h9,12,16-18,21H,8,10-11,13-15H2,1-7H3/p+1/b23-22+. The summed E-state index contributed by atoms with van der Waals surface area (Å²) in [5.74, 6) is 0. The van der Waals surface area contributed by atoms with E-state index in [-0.39, 0.29) is 7.92 Å². The van der Waals surface area contributed by atoms with E-state index in [0.29, 0.717) is 11.3 Å². The summed E-state index contributed by atoms with van der Waals surface area (Å²) >= 11 is 1.96. The van der Waals surface area contributed by atoms with Crippen LogP contribution in [0.4, 0.5) is 0 Å². The first-order valence-corrected chi connectivity index (χ1v) is 13.4. The highest BCUT2D eigenvalue weighted by Gasteiger charge is 2.33. The maximum Gasteiger partial charge on any atom is 0.135 e. The lowest BCUT2D eigenvalue weighted by atomic mass is 10.1. The smallest absolute Gasteiger partial charge is 0.135 e. The zero-order valence-corrected chi connectivity index (χ0v) is 20.1. The lowest BCUT2D eigenvalue weighted by Crippen LogP contribution is -3.10. The minimum atomic E-state index is -0.129. The van der Waals surface area contributed by atoms with Crippen LogP contribution in [0.5, 0.6) is 0 Å². The molecule has 0 radical (unpaired) electrons. The molecule has 3 nitrogen and oxygen atoms in total. The van der Waals surface area contributed by atoms with Crippen LogP contribution in [0, 0.1) is 0 Å². The zero-order valence-electron chi connectivity index (χ0n) is 18.4. The Bertz CT molecular complexity index is 559. The molecule has 154 valence electrons. The summed E-state index contributed by atoms with van der Waals surface area (Å²) in [7, 11) is 1.69. The second-order valence-corrected chi connectivity index (χ2v) is 12.7. The third kappa shape index (κ3) is 5.69. The van der Waals surface area contributed by atoms with Crippen molar-refractivity contribution in [1.82, 2.24) is 0 Å². The molecule has 0 aromatic heterocycles. The van der Waals surface area contributed by atoms with Crippen LogP contribution in [-0.4, -0.2) is 54.8 Å². The molecule has 3 atom stereocenters. The number of hydrogen-bond donors (Lipinski definition) is 1. The van der Waals surface area contributed by atoms with Gasteiger partial charge in [-0.15, -0.1) is 0 Å². The van der Waals surface area contributed by atoms with E-state index < -0.39 is 0 Å². The number of thioether (sulfide) groups is 1. The van der Waals surface area contributed by atoms with E-state index in [0.717, 1.165) is 37.3 Å². The molecule has 0 bridgehead atoms. The zero-order chi connectivity index (χ0) is 20.0. The Morgan fingerprint density at radius 2 is 2.04 bits per heavy atom. The highest BCUT2D eigenvalue weighted by molar-refractivity contribution is 8.00. The molecule has 0 spiro atoms. The van der Waals surface area contributed by atoms with Crippen LogP contribution in [0.1, 0.15) is 60.3 Å². The Kier molecular flexibility index (Phi) is 9.55. The number of methoxy groups -OCH3 is 1. The summed E-state index contributed by atoms with van der Waals surface area (Å²) in [5, 5.41) is 8.92. The molecule has 1 fully saturated rings. The van der Waals surface area contributed by atoms with Crippen molar-refractivity contribution < 1.29 is 9.75 Å². The second kappa shape index (κ2) is 11.1. The van der Waals surface area contributed by atoms with Crippen LogP contribution in [0.15, 0.2) is 28.1 Å². The molecule has 3 unspecified atom stereocenters. The fourth-order valence-electron chi connectivity index (χ4n) is 4.55. The molecule has 1 aliphatic carbocycles. The van der Waals surface area contributed by atoms with Crippen molar-refractivity contribution in [1.29, 1.82) is 0 Å². The van der Waals surface area contributed by atoms with Gasteiger partial charge in [-0.05, 0) is 35.7 Å². The predicted molar refractivity (Wildman–Crippen MR) is 124 cm³/mol. The first-order chi connectivity index (χ1) is 12.9.